The zero-order valence-corrected chi connectivity index (χ0v) is 25.6. The molecule has 0 saturated heterocycles. The fraction of sp³-hybridized carbons (Fsp3) is 0.194. The Hall–Kier alpha value is -5.77. The molecule has 0 atom stereocenters. The minimum Gasteiger partial charge on any atom is -0.465 e. The molecule has 234 valence electrons. The zero-order chi connectivity index (χ0) is 32.8. The van der Waals surface area contributed by atoms with E-state index in [9.17, 15) is 29.6 Å². The molecule has 46 heavy (non-hydrogen) atoms. The lowest BCUT2D eigenvalue weighted by molar-refractivity contribution is -0.384. The van der Waals surface area contributed by atoms with E-state index >= 15 is 0 Å². The number of non-ortho nitro benzene ring substituents is 1. The van der Waals surface area contributed by atoms with Gasteiger partial charge in [0.25, 0.3) is 17.4 Å². The van der Waals surface area contributed by atoms with Crippen LogP contribution in [0.5, 0.6) is 0 Å². The fourth-order valence-corrected chi connectivity index (χ4v) is 5.69. The lowest BCUT2D eigenvalue weighted by Crippen LogP contribution is -2.37. The molecule has 0 radical (unpaired) electrons. The van der Waals surface area contributed by atoms with Crippen LogP contribution in [0.2, 0.25) is 0 Å². The summed E-state index contributed by atoms with van der Waals surface area (Å²) < 4.78 is 0. The zero-order valence-electron chi connectivity index (χ0n) is 25.6. The van der Waals surface area contributed by atoms with Gasteiger partial charge < -0.3 is 15.0 Å². The van der Waals surface area contributed by atoms with Crippen LogP contribution in [0.1, 0.15) is 45.5 Å². The number of hydrogen-bond donors (Lipinski definition) is 3. The predicted octanol–water partition coefficient (Wildman–Crippen LogP) is 7.68. The average molecular weight is 619 g/mol. The Bertz CT molecular complexity index is 1890. The van der Waals surface area contributed by atoms with Crippen molar-refractivity contribution in [3.8, 4) is 11.3 Å². The lowest BCUT2D eigenvalue weighted by Gasteiger charge is -2.22. The second-order valence-electron chi connectivity index (χ2n) is 11.4. The first kappa shape index (κ1) is 31.6. The second-order valence-corrected chi connectivity index (χ2v) is 11.4. The van der Waals surface area contributed by atoms with E-state index in [1.807, 2.05) is 62.4 Å². The molecule has 0 unspecified atom stereocenters. The van der Waals surface area contributed by atoms with Gasteiger partial charge >= 0.3 is 6.09 Å². The summed E-state index contributed by atoms with van der Waals surface area (Å²) in [6, 6.07) is 26.6. The van der Waals surface area contributed by atoms with Crippen molar-refractivity contribution in [2.24, 2.45) is 0 Å². The molecule has 0 bridgehead atoms. The highest BCUT2D eigenvalue weighted by Crippen LogP contribution is 2.34. The van der Waals surface area contributed by atoms with E-state index in [4.69, 9.17) is 0 Å². The molecule has 2 amide bonds. The quantitative estimate of drug-likeness (QED) is 0.0430. The first-order chi connectivity index (χ1) is 22.1. The number of aromatic amines is 1. The Kier molecular flexibility index (Phi) is 9.56. The van der Waals surface area contributed by atoms with E-state index in [0.29, 0.717) is 42.4 Å². The summed E-state index contributed by atoms with van der Waals surface area (Å²) in [6.45, 7) is 4.47. The third kappa shape index (κ3) is 7.47. The van der Waals surface area contributed by atoms with Crippen molar-refractivity contribution in [1.82, 2.24) is 9.88 Å². The number of aryl methyl sites for hydroxylation is 3. The molecule has 1 heterocycles. The molecule has 1 aromatic heterocycles. The summed E-state index contributed by atoms with van der Waals surface area (Å²) in [5.41, 5.74) is 6.13. The highest BCUT2D eigenvalue weighted by atomic mass is 16.6. The number of carboxylic acid groups (broad SMARTS) is 1. The van der Waals surface area contributed by atoms with Crippen LogP contribution in [0, 0.1) is 24.0 Å². The molecule has 0 spiro atoms. The first-order valence-electron chi connectivity index (χ1n) is 14.9. The minimum atomic E-state index is -1.24. The van der Waals surface area contributed by atoms with E-state index in [0.717, 1.165) is 27.8 Å². The molecule has 3 N–H and O–H groups in total. The molecule has 0 aliphatic heterocycles. The van der Waals surface area contributed by atoms with Crippen molar-refractivity contribution in [3.63, 3.8) is 0 Å². The molecular weight excluding hydrogens is 584 g/mol. The van der Waals surface area contributed by atoms with Gasteiger partial charge in [-0.2, -0.15) is 0 Å². The Morgan fingerprint density at radius 3 is 2.22 bits per heavy atom. The fourth-order valence-electron chi connectivity index (χ4n) is 5.69. The highest BCUT2D eigenvalue weighted by molar-refractivity contribution is 6.46. The maximum Gasteiger partial charge on any atom is 0.409 e. The van der Waals surface area contributed by atoms with Gasteiger partial charge in [0.1, 0.15) is 0 Å². The number of fused-ring (bicyclic) bond motifs is 1. The number of nitro benzene ring substituents is 1. The molecule has 0 saturated carbocycles. The van der Waals surface area contributed by atoms with Gasteiger partial charge in [0, 0.05) is 41.8 Å². The van der Waals surface area contributed by atoms with Gasteiger partial charge in [-0.3, -0.25) is 25.0 Å². The van der Waals surface area contributed by atoms with Gasteiger partial charge in [-0.25, -0.2) is 4.79 Å². The topological polar surface area (TPSA) is 146 Å². The third-order valence-electron chi connectivity index (χ3n) is 7.78. The van der Waals surface area contributed by atoms with E-state index < -0.39 is 22.7 Å². The number of nitro groups is 1. The van der Waals surface area contributed by atoms with Crippen LogP contribution >= 0.6 is 0 Å². The van der Waals surface area contributed by atoms with Gasteiger partial charge in [0.05, 0.1) is 16.2 Å². The largest absolute Gasteiger partial charge is 0.465 e. The van der Waals surface area contributed by atoms with Crippen molar-refractivity contribution in [2.75, 3.05) is 11.9 Å². The molecule has 10 heteroatoms. The number of rotatable bonds is 12. The van der Waals surface area contributed by atoms with E-state index in [-0.39, 0.29) is 23.5 Å². The lowest BCUT2D eigenvalue weighted by atomic mass is 9.98. The molecule has 5 rings (SSSR count). The number of Topliss-reactive ketones (excluding diaryl/α,β-unsaturated/α-hetero) is 1. The van der Waals surface area contributed by atoms with Crippen molar-refractivity contribution in [3.05, 3.63) is 129 Å². The van der Waals surface area contributed by atoms with E-state index in [2.05, 4.69) is 10.3 Å². The minimum absolute atomic E-state index is 0.0326. The van der Waals surface area contributed by atoms with Crippen LogP contribution in [0.4, 0.5) is 16.2 Å². The molecule has 4 aromatic carbocycles. The summed E-state index contributed by atoms with van der Waals surface area (Å²) in [5.74, 6) is -1.36. The van der Waals surface area contributed by atoms with Crippen LogP contribution in [0.15, 0.2) is 91.0 Å². The third-order valence-corrected chi connectivity index (χ3v) is 7.78. The molecule has 10 nitrogen and oxygen atoms in total. The number of carbonyl (C=O) groups is 3. The van der Waals surface area contributed by atoms with Crippen LogP contribution < -0.4 is 5.32 Å². The number of carbonyl (C=O) groups excluding carboxylic acids is 2. The Morgan fingerprint density at radius 1 is 0.870 bits per heavy atom. The number of benzene rings is 4. The molecule has 0 aliphatic carbocycles. The number of nitrogens with zero attached hydrogens (tertiary/aromatic N) is 2. The molecular formula is C36H34N4O6. The SMILES string of the molecule is Cc1cc(C)cc(-c2[nH]c3ccc(NC(=O)O)cc3c2C(=O)C(=O)N(CCCCc2ccc([N+](=O)[O-])cc2)Cc2ccccc2)c1. The van der Waals surface area contributed by atoms with Crippen LogP contribution in [0.25, 0.3) is 22.2 Å². The van der Waals surface area contributed by atoms with Gasteiger partial charge in [-0.1, -0.05) is 59.7 Å². The maximum atomic E-state index is 14.3. The Balaban J connectivity index is 1.46. The van der Waals surface area contributed by atoms with Crippen molar-refractivity contribution >= 4 is 40.1 Å². The smallest absolute Gasteiger partial charge is 0.409 e. The normalized spacial score (nSPS) is 10.9. The number of anilines is 1. The molecule has 5 aromatic rings. The van der Waals surface area contributed by atoms with Crippen LogP contribution in [-0.4, -0.2) is 44.2 Å². The first-order valence-corrected chi connectivity index (χ1v) is 14.9. The van der Waals surface area contributed by atoms with Crippen LogP contribution in [-0.2, 0) is 17.8 Å². The van der Waals surface area contributed by atoms with E-state index in [1.54, 1.807) is 35.2 Å². The van der Waals surface area contributed by atoms with Gasteiger partial charge in [-0.05, 0) is 80.1 Å². The van der Waals surface area contributed by atoms with Gasteiger partial charge in [-0.15, -0.1) is 0 Å². The monoisotopic (exact) mass is 618 g/mol. The standard InChI is InChI=1S/C36H34N4O6/c1-23-18-24(2)20-27(19-23)33-32(30-21-28(37-36(43)44)13-16-31(30)38-33)34(41)35(42)39(22-26-9-4-3-5-10-26)17-7-6-8-25-11-14-29(15-12-25)40(45)46/h3-5,9-16,18-21,37-38H,6-8,17,22H2,1-2H3,(H,43,44). The Morgan fingerprint density at radius 2 is 1.57 bits per heavy atom. The Labute approximate surface area is 265 Å². The predicted molar refractivity (Wildman–Crippen MR) is 177 cm³/mol. The number of ketones is 1. The molecule has 0 fully saturated rings. The van der Waals surface area contributed by atoms with Crippen molar-refractivity contribution in [1.29, 1.82) is 0 Å². The number of unbranched alkanes of at least 4 members (excludes halogenated alkanes) is 1. The van der Waals surface area contributed by atoms with Gasteiger partial charge in [0.2, 0.25) is 0 Å². The summed E-state index contributed by atoms with van der Waals surface area (Å²) in [4.78, 5) is 55.2. The van der Waals surface area contributed by atoms with Crippen molar-refractivity contribution < 1.29 is 24.4 Å². The number of amides is 2. The maximum absolute atomic E-state index is 14.3. The summed E-state index contributed by atoms with van der Waals surface area (Å²) in [6.07, 6.45) is 0.734. The number of aromatic nitrogens is 1. The highest BCUT2D eigenvalue weighted by Gasteiger charge is 2.29. The summed E-state index contributed by atoms with van der Waals surface area (Å²) >= 11 is 0. The second kappa shape index (κ2) is 13.9. The average Bonchev–Trinajstić information content (AvgIpc) is 3.40. The summed E-state index contributed by atoms with van der Waals surface area (Å²) in [7, 11) is 0. The van der Waals surface area contributed by atoms with Gasteiger partial charge in [0.15, 0.2) is 0 Å². The number of hydrogen-bond acceptors (Lipinski definition) is 5. The van der Waals surface area contributed by atoms with E-state index in [1.165, 1.54) is 12.1 Å². The molecule has 0 aliphatic rings. The van der Waals surface area contributed by atoms with Crippen molar-refractivity contribution in [2.45, 2.75) is 39.7 Å². The summed E-state index contributed by atoms with van der Waals surface area (Å²) in [5, 5.41) is 23.1. The van der Waals surface area contributed by atoms with Crippen LogP contribution in [0.3, 0.4) is 0 Å². The number of H-pyrrole nitrogens is 1. The number of nitrogens with one attached hydrogen (secondary N) is 2.